The molecule has 2 heterocycles. The van der Waals surface area contributed by atoms with Crippen molar-refractivity contribution in [2.45, 2.75) is 19.4 Å². The maximum atomic E-state index is 12.4. The summed E-state index contributed by atoms with van der Waals surface area (Å²) in [5, 5.41) is 4.05. The van der Waals surface area contributed by atoms with E-state index in [9.17, 15) is 13.2 Å². The summed E-state index contributed by atoms with van der Waals surface area (Å²) < 4.78 is 23.0. The number of halogens is 1. The highest BCUT2D eigenvalue weighted by Crippen LogP contribution is 2.32. The maximum Gasteiger partial charge on any atom is 0.263 e. The highest BCUT2D eigenvalue weighted by atomic mass is 35.5. The Hall–Kier alpha value is -1.44. The van der Waals surface area contributed by atoms with Crippen LogP contribution in [0.5, 0.6) is 0 Å². The number of amides is 1. The summed E-state index contributed by atoms with van der Waals surface area (Å²) >= 11 is 7.43. The van der Waals surface area contributed by atoms with Crippen LogP contribution in [-0.4, -0.2) is 36.9 Å². The second-order valence-electron chi connectivity index (χ2n) is 5.49. The third-order valence-electron chi connectivity index (χ3n) is 3.67. The first-order chi connectivity index (χ1) is 10.9. The number of carbonyl (C=O) groups is 1. The van der Waals surface area contributed by atoms with Gasteiger partial charge in [-0.3, -0.25) is 4.79 Å². The molecule has 0 aliphatic carbocycles. The molecular formula is C15H15ClN2O3S2. The average molecular weight is 371 g/mol. The molecule has 0 bridgehead atoms. The molecule has 0 spiro atoms. The molecule has 1 amide bonds. The Balaban J connectivity index is 1.81. The van der Waals surface area contributed by atoms with E-state index in [1.54, 1.807) is 13.0 Å². The fraction of sp³-hybridized carbons (Fsp3) is 0.333. The molecule has 1 aromatic heterocycles. The number of hydrogen-bond acceptors (Lipinski definition) is 5. The minimum absolute atomic E-state index is 0.00790. The lowest BCUT2D eigenvalue weighted by molar-refractivity contribution is 0.0944. The molecule has 1 atom stereocenters. The first kappa shape index (κ1) is 16.4. The van der Waals surface area contributed by atoms with Crippen molar-refractivity contribution in [3.05, 3.63) is 39.9 Å². The Morgan fingerprint density at radius 1 is 1.39 bits per heavy atom. The maximum absolute atomic E-state index is 12.4. The van der Waals surface area contributed by atoms with Gasteiger partial charge in [-0.2, -0.15) is 0 Å². The van der Waals surface area contributed by atoms with Gasteiger partial charge < -0.3 is 5.32 Å². The summed E-state index contributed by atoms with van der Waals surface area (Å²) in [6.07, 6.45) is 0.462. The number of hydrogen-bond donors (Lipinski definition) is 1. The predicted molar refractivity (Wildman–Crippen MR) is 91.8 cm³/mol. The third-order valence-corrected chi connectivity index (χ3v) is 6.96. The lowest BCUT2D eigenvalue weighted by Gasteiger charge is -2.09. The van der Waals surface area contributed by atoms with E-state index >= 15 is 0 Å². The van der Waals surface area contributed by atoms with E-state index < -0.39 is 9.84 Å². The van der Waals surface area contributed by atoms with Crippen LogP contribution in [0.25, 0.3) is 10.6 Å². The molecule has 23 heavy (non-hydrogen) atoms. The molecule has 1 fully saturated rings. The summed E-state index contributed by atoms with van der Waals surface area (Å²) in [6, 6.07) is 7.00. The molecule has 5 nitrogen and oxygen atoms in total. The van der Waals surface area contributed by atoms with Crippen LogP contribution >= 0.6 is 22.9 Å². The number of benzene rings is 1. The largest absolute Gasteiger partial charge is 0.347 e. The van der Waals surface area contributed by atoms with Crippen molar-refractivity contribution >= 4 is 38.7 Å². The SMILES string of the molecule is Cc1nc(-c2ccccc2Cl)sc1C(=O)N[C@@H]1CCS(=O)(=O)C1. The zero-order valence-electron chi connectivity index (χ0n) is 12.4. The van der Waals surface area contributed by atoms with Gasteiger partial charge in [-0.25, -0.2) is 13.4 Å². The summed E-state index contributed by atoms with van der Waals surface area (Å²) in [5.74, 6) is -0.140. The van der Waals surface area contributed by atoms with Crippen molar-refractivity contribution in [1.29, 1.82) is 0 Å². The van der Waals surface area contributed by atoms with Crippen LogP contribution in [0, 0.1) is 6.92 Å². The Morgan fingerprint density at radius 2 is 2.13 bits per heavy atom. The van der Waals surface area contributed by atoms with Gasteiger partial charge in [0.2, 0.25) is 0 Å². The van der Waals surface area contributed by atoms with E-state index in [4.69, 9.17) is 11.6 Å². The number of thiazole rings is 1. The van der Waals surface area contributed by atoms with Crippen molar-refractivity contribution in [2.75, 3.05) is 11.5 Å². The highest BCUT2D eigenvalue weighted by molar-refractivity contribution is 7.91. The Labute approximate surface area is 143 Å². The van der Waals surface area contributed by atoms with Gasteiger partial charge in [0, 0.05) is 11.6 Å². The molecule has 1 N–H and O–H groups in total. The lowest BCUT2D eigenvalue weighted by Crippen LogP contribution is -2.35. The molecule has 122 valence electrons. The van der Waals surface area contributed by atoms with Gasteiger partial charge in [0.1, 0.15) is 9.88 Å². The lowest BCUT2D eigenvalue weighted by atomic mass is 10.2. The molecule has 3 rings (SSSR count). The van der Waals surface area contributed by atoms with Gasteiger partial charge in [-0.15, -0.1) is 11.3 Å². The van der Waals surface area contributed by atoms with Crippen LogP contribution < -0.4 is 5.32 Å². The van der Waals surface area contributed by atoms with E-state index in [1.165, 1.54) is 11.3 Å². The predicted octanol–water partition coefficient (Wildman–Crippen LogP) is 2.69. The quantitative estimate of drug-likeness (QED) is 0.901. The number of nitrogens with zero attached hydrogens (tertiary/aromatic N) is 1. The van der Waals surface area contributed by atoms with Gasteiger partial charge in [0.15, 0.2) is 9.84 Å². The standard InChI is InChI=1S/C15H15ClN2O3S2/c1-9-13(14(19)18-10-6-7-23(20,21)8-10)22-15(17-9)11-4-2-3-5-12(11)16/h2-5,10H,6-8H2,1H3,(H,18,19)/t10-/m1/s1. The van der Waals surface area contributed by atoms with Crippen molar-refractivity contribution in [2.24, 2.45) is 0 Å². The monoisotopic (exact) mass is 370 g/mol. The molecule has 2 aromatic rings. The number of aryl methyl sites for hydroxylation is 1. The fourth-order valence-corrected chi connectivity index (χ4v) is 5.48. The molecule has 0 saturated carbocycles. The van der Waals surface area contributed by atoms with Crippen LogP contribution in [-0.2, 0) is 9.84 Å². The smallest absolute Gasteiger partial charge is 0.263 e. The first-order valence-corrected chi connectivity index (χ1v) is 10.1. The van der Waals surface area contributed by atoms with Gasteiger partial charge in [0.25, 0.3) is 5.91 Å². The van der Waals surface area contributed by atoms with E-state index in [-0.39, 0.29) is 23.5 Å². The van der Waals surface area contributed by atoms with Crippen LogP contribution in [0.3, 0.4) is 0 Å². The van der Waals surface area contributed by atoms with Crippen molar-refractivity contribution < 1.29 is 13.2 Å². The van der Waals surface area contributed by atoms with Crippen LogP contribution in [0.2, 0.25) is 5.02 Å². The normalized spacial score (nSPS) is 19.7. The van der Waals surface area contributed by atoms with E-state index in [1.807, 2.05) is 18.2 Å². The fourth-order valence-electron chi connectivity index (χ4n) is 2.52. The Bertz CT molecular complexity index is 861. The van der Waals surface area contributed by atoms with Gasteiger partial charge in [-0.05, 0) is 19.4 Å². The van der Waals surface area contributed by atoms with E-state index in [0.29, 0.717) is 27.0 Å². The average Bonchev–Trinajstić information content (AvgIpc) is 3.02. The second kappa shape index (κ2) is 6.22. The zero-order valence-corrected chi connectivity index (χ0v) is 14.8. The Morgan fingerprint density at radius 3 is 2.78 bits per heavy atom. The number of carbonyl (C=O) groups excluding carboxylic acids is 1. The van der Waals surface area contributed by atoms with Crippen LogP contribution in [0.4, 0.5) is 0 Å². The van der Waals surface area contributed by atoms with Crippen molar-refractivity contribution in [3.63, 3.8) is 0 Å². The summed E-state index contributed by atoms with van der Waals surface area (Å²) in [5.41, 5.74) is 1.40. The number of sulfone groups is 1. The highest BCUT2D eigenvalue weighted by Gasteiger charge is 2.30. The van der Waals surface area contributed by atoms with Gasteiger partial charge in [0.05, 0.1) is 22.2 Å². The Kier molecular flexibility index (Phi) is 4.44. The second-order valence-corrected chi connectivity index (χ2v) is 9.12. The summed E-state index contributed by atoms with van der Waals surface area (Å²) in [7, 11) is -3.02. The van der Waals surface area contributed by atoms with E-state index in [2.05, 4.69) is 10.3 Å². The number of rotatable bonds is 3. The molecule has 1 saturated heterocycles. The van der Waals surface area contributed by atoms with Crippen molar-refractivity contribution in [3.8, 4) is 10.6 Å². The molecular weight excluding hydrogens is 356 g/mol. The zero-order chi connectivity index (χ0) is 16.6. The molecule has 0 unspecified atom stereocenters. The van der Waals surface area contributed by atoms with E-state index in [0.717, 1.165) is 5.56 Å². The molecule has 1 aromatic carbocycles. The molecule has 8 heteroatoms. The van der Waals surface area contributed by atoms with Crippen LogP contribution in [0.1, 0.15) is 21.8 Å². The number of aromatic nitrogens is 1. The van der Waals surface area contributed by atoms with Crippen LogP contribution in [0.15, 0.2) is 24.3 Å². The number of nitrogens with one attached hydrogen (secondary N) is 1. The van der Waals surface area contributed by atoms with Gasteiger partial charge >= 0.3 is 0 Å². The summed E-state index contributed by atoms with van der Waals surface area (Å²) in [4.78, 5) is 17.3. The first-order valence-electron chi connectivity index (χ1n) is 7.09. The summed E-state index contributed by atoms with van der Waals surface area (Å²) in [6.45, 7) is 1.76. The van der Waals surface area contributed by atoms with Gasteiger partial charge in [-0.1, -0.05) is 29.8 Å². The minimum atomic E-state index is -3.02. The molecule has 1 aliphatic rings. The minimum Gasteiger partial charge on any atom is -0.347 e. The third kappa shape index (κ3) is 3.57. The molecule has 0 radical (unpaired) electrons. The van der Waals surface area contributed by atoms with Crippen molar-refractivity contribution in [1.82, 2.24) is 10.3 Å². The molecule has 1 aliphatic heterocycles. The topological polar surface area (TPSA) is 76.1 Å².